The van der Waals surface area contributed by atoms with Gasteiger partial charge in [0.25, 0.3) is 0 Å². The number of aromatic nitrogens is 6. The summed E-state index contributed by atoms with van der Waals surface area (Å²) >= 11 is 0. The van der Waals surface area contributed by atoms with Crippen molar-refractivity contribution in [3.8, 4) is 0 Å². The maximum Gasteiger partial charge on any atom is 0.309 e. The molecule has 18 heavy (non-hydrogen) atoms. The van der Waals surface area contributed by atoms with Gasteiger partial charge in [-0.05, 0) is 6.42 Å². The SMILES string of the molecule is CCCn1ncnc1Cn1cc(CC(=O)O)nn1. The number of carboxylic acid groups (broad SMARTS) is 1. The van der Waals surface area contributed by atoms with Gasteiger partial charge in [-0.2, -0.15) is 5.10 Å². The van der Waals surface area contributed by atoms with Gasteiger partial charge in [0.1, 0.15) is 18.7 Å². The number of nitrogens with zero attached hydrogens (tertiary/aromatic N) is 6. The molecule has 2 heterocycles. The molecule has 0 bridgehead atoms. The quantitative estimate of drug-likeness (QED) is 0.772. The Hall–Kier alpha value is -2.25. The van der Waals surface area contributed by atoms with Crippen LogP contribution in [-0.4, -0.2) is 40.8 Å². The fraction of sp³-hybridized carbons (Fsp3) is 0.500. The Morgan fingerprint density at radius 1 is 1.50 bits per heavy atom. The zero-order chi connectivity index (χ0) is 13.0. The first kappa shape index (κ1) is 12.2. The minimum Gasteiger partial charge on any atom is -0.481 e. The standard InChI is InChI=1S/C10H14N6O2/c1-2-3-16-9(11-7-12-16)6-15-5-8(13-14-15)4-10(17)18/h5,7H,2-4,6H2,1H3,(H,17,18). The van der Waals surface area contributed by atoms with Crippen LogP contribution < -0.4 is 0 Å². The number of carbonyl (C=O) groups is 1. The fourth-order valence-corrected chi connectivity index (χ4v) is 1.61. The predicted molar refractivity (Wildman–Crippen MR) is 60.8 cm³/mol. The van der Waals surface area contributed by atoms with Gasteiger partial charge in [-0.1, -0.05) is 12.1 Å². The molecule has 0 saturated carbocycles. The molecule has 0 unspecified atom stereocenters. The van der Waals surface area contributed by atoms with Crippen LogP contribution in [0.4, 0.5) is 0 Å². The summed E-state index contributed by atoms with van der Waals surface area (Å²) in [6.45, 7) is 3.30. The van der Waals surface area contributed by atoms with Gasteiger partial charge in [0.05, 0.1) is 12.1 Å². The van der Waals surface area contributed by atoms with Gasteiger partial charge in [-0.25, -0.2) is 14.3 Å². The van der Waals surface area contributed by atoms with Crippen molar-refractivity contribution in [3.05, 3.63) is 24.0 Å². The molecule has 0 aliphatic rings. The minimum absolute atomic E-state index is 0.123. The second kappa shape index (κ2) is 5.39. The van der Waals surface area contributed by atoms with Gasteiger partial charge in [-0.3, -0.25) is 4.79 Å². The van der Waals surface area contributed by atoms with E-state index in [1.54, 1.807) is 15.6 Å². The number of hydrogen-bond donors (Lipinski definition) is 1. The van der Waals surface area contributed by atoms with Crippen LogP contribution in [0.2, 0.25) is 0 Å². The van der Waals surface area contributed by atoms with E-state index in [4.69, 9.17) is 5.11 Å². The van der Waals surface area contributed by atoms with Gasteiger partial charge in [0.15, 0.2) is 0 Å². The summed E-state index contributed by atoms with van der Waals surface area (Å²) in [5.74, 6) is -0.139. The van der Waals surface area contributed by atoms with E-state index >= 15 is 0 Å². The number of rotatable bonds is 6. The molecular weight excluding hydrogens is 236 g/mol. The molecule has 0 radical (unpaired) electrons. The van der Waals surface area contributed by atoms with E-state index in [1.165, 1.54) is 6.33 Å². The van der Waals surface area contributed by atoms with E-state index < -0.39 is 5.97 Å². The third-order valence-corrected chi connectivity index (χ3v) is 2.35. The van der Waals surface area contributed by atoms with E-state index in [0.717, 1.165) is 18.8 Å². The molecule has 2 rings (SSSR count). The van der Waals surface area contributed by atoms with Gasteiger partial charge in [0, 0.05) is 12.7 Å². The molecular formula is C10H14N6O2. The second-order valence-corrected chi connectivity index (χ2v) is 3.88. The van der Waals surface area contributed by atoms with Crippen molar-refractivity contribution in [3.63, 3.8) is 0 Å². The maximum atomic E-state index is 10.5. The van der Waals surface area contributed by atoms with Crippen LogP contribution >= 0.6 is 0 Å². The highest BCUT2D eigenvalue weighted by atomic mass is 16.4. The highest BCUT2D eigenvalue weighted by Gasteiger charge is 2.08. The van der Waals surface area contributed by atoms with Crippen LogP contribution in [0.5, 0.6) is 0 Å². The lowest BCUT2D eigenvalue weighted by atomic mass is 10.3. The number of carboxylic acids is 1. The van der Waals surface area contributed by atoms with Gasteiger partial charge in [0.2, 0.25) is 0 Å². The number of hydrogen-bond acceptors (Lipinski definition) is 5. The molecule has 0 spiro atoms. The van der Waals surface area contributed by atoms with Crippen LogP contribution in [0.15, 0.2) is 12.5 Å². The molecule has 2 aromatic heterocycles. The van der Waals surface area contributed by atoms with Gasteiger partial charge < -0.3 is 5.11 Å². The second-order valence-electron chi connectivity index (χ2n) is 3.88. The predicted octanol–water partition coefficient (Wildman–Crippen LogP) is -0.0450. The zero-order valence-electron chi connectivity index (χ0n) is 10.0. The van der Waals surface area contributed by atoms with Crippen molar-refractivity contribution in [2.75, 3.05) is 0 Å². The Bertz CT molecular complexity index is 532. The van der Waals surface area contributed by atoms with Crippen LogP contribution in [0.3, 0.4) is 0 Å². The first-order valence-electron chi connectivity index (χ1n) is 5.66. The Labute approximate surface area is 103 Å². The highest BCUT2D eigenvalue weighted by Crippen LogP contribution is 2.01. The third kappa shape index (κ3) is 2.90. The zero-order valence-corrected chi connectivity index (χ0v) is 10.0. The lowest BCUT2D eigenvalue weighted by Crippen LogP contribution is -2.10. The van der Waals surface area contributed by atoms with Crippen LogP contribution in [0, 0.1) is 0 Å². The summed E-state index contributed by atoms with van der Waals surface area (Å²) in [5.41, 5.74) is 0.434. The smallest absolute Gasteiger partial charge is 0.309 e. The van der Waals surface area contributed by atoms with Gasteiger partial charge in [-0.15, -0.1) is 5.10 Å². The summed E-state index contributed by atoms with van der Waals surface area (Å²) in [4.78, 5) is 14.7. The van der Waals surface area contributed by atoms with Gasteiger partial charge >= 0.3 is 5.97 Å². The van der Waals surface area contributed by atoms with Crippen LogP contribution in [-0.2, 0) is 24.3 Å². The van der Waals surface area contributed by atoms with Crippen molar-refractivity contribution in [2.24, 2.45) is 0 Å². The molecule has 0 aliphatic heterocycles. The van der Waals surface area contributed by atoms with E-state index in [9.17, 15) is 4.79 Å². The molecule has 96 valence electrons. The van der Waals surface area contributed by atoms with Crippen molar-refractivity contribution in [1.29, 1.82) is 0 Å². The van der Waals surface area contributed by atoms with E-state index in [0.29, 0.717) is 12.2 Å². The van der Waals surface area contributed by atoms with Crippen molar-refractivity contribution in [2.45, 2.75) is 32.9 Å². The molecule has 0 saturated heterocycles. The van der Waals surface area contributed by atoms with Crippen LogP contribution in [0.25, 0.3) is 0 Å². The molecule has 1 N–H and O–H groups in total. The van der Waals surface area contributed by atoms with E-state index in [1.807, 2.05) is 0 Å². The lowest BCUT2D eigenvalue weighted by molar-refractivity contribution is -0.136. The summed E-state index contributed by atoms with van der Waals surface area (Å²) in [6.07, 6.45) is 3.96. The minimum atomic E-state index is -0.920. The molecule has 0 amide bonds. The molecule has 8 nitrogen and oxygen atoms in total. The largest absolute Gasteiger partial charge is 0.481 e. The number of aliphatic carboxylic acids is 1. The Morgan fingerprint density at radius 3 is 3.06 bits per heavy atom. The summed E-state index contributed by atoms with van der Waals surface area (Å²) in [5, 5.41) is 20.4. The maximum absolute atomic E-state index is 10.5. The summed E-state index contributed by atoms with van der Waals surface area (Å²) in [6, 6.07) is 0. The lowest BCUT2D eigenvalue weighted by Gasteiger charge is -2.03. The first-order valence-corrected chi connectivity index (χ1v) is 5.66. The Balaban J connectivity index is 2.06. The molecule has 0 atom stereocenters. The summed E-state index contributed by atoms with van der Waals surface area (Å²) in [7, 11) is 0. The molecule has 0 fully saturated rings. The fourth-order valence-electron chi connectivity index (χ4n) is 1.61. The monoisotopic (exact) mass is 250 g/mol. The Morgan fingerprint density at radius 2 is 2.33 bits per heavy atom. The first-order chi connectivity index (χ1) is 8.69. The molecule has 8 heteroatoms. The molecule has 0 aliphatic carbocycles. The average molecular weight is 250 g/mol. The van der Waals surface area contributed by atoms with Crippen molar-refractivity contribution < 1.29 is 9.90 Å². The normalized spacial score (nSPS) is 10.7. The molecule has 0 aromatic carbocycles. The van der Waals surface area contributed by atoms with Crippen molar-refractivity contribution in [1.82, 2.24) is 29.8 Å². The summed E-state index contributed by atoms with van der Waals surface area (Å²) < 4.78 is 3.37. The van der Waals surface area contributed by atoms with E-state index in [2.05, 4.69) is 27.3 Å². The van der Waals surface area contributed by atoms with Crippen LogP contribution in [0.1, 0.15) is 24.9 Å². The van der Waals surface area contributed by atoms with E-state index in [-0.39, 0.29) is 6.42 Å². The molecule has 2 aromatic rings. The average Bonchev–Trinajstić information content (AvgIpc) is 2.90. The topological polar surface area (TPSA) is 98.7 Å². The highest BCUT2D eigenvalue weighted by molar-refractivity contribution is 5.69. The van der Waals surface area contributed by atoms with Crippen molar-refractivity contribution >= 4 is 5.97 Å². The third-order valence-electron chi connectivity index (χ3n) is 2.35. The Kier molecular flexibility index (Phi) is 3.66. The number of aryl methyl sites for hydroxylation is 1.